The van der Waals surface area contributed by atoms with Gasteiger partial charge < -0.3 is 0 Å². The van der Waals surface area contributed by atoms with Gasteiger partial charge in [-0.15, -0.1) is 0 Å². The molecule has 0 N–H and O–H groups in total. The van der Waals surface area contributed by atoms with Crippen molar-refractivity contribution >= 4 is 49.3 Å². The maximum absolute atomic E-state index is 4.48. The molecule has 3 heteroatoms. The van der Waals surface area contributed by atoms with Crippen LogP contribution in [0.5, 0.6) is 0 Å². The normalized spacial score (nSPS) is 13.1. The van der Waals surface area contributed by atoms with Crippen LogP contribution in [0.2, 0.25) is 0 Å². The average molecular weight is 445 g/mol. The fourth-order valence-corrected chi connectivity index (χ4v) is 11.6. The predicted octanol–water partition coefficient (Wildman–Crippen LogP) is 5.84. The molecule has 0 bridgehead atoms. The first kappa shape index (κ1) is 19.7. The molecule has 0 heterocycles. The Hall–Kier alpha value is -1.08. The summed E-state index contributed by atoms with van der Waals surface area (Å²) in [5.74, 6) is 0.928. The van der Waals surface area contributed by atoms with Gasteiger partial charge in [-0.1, -0.05) is 0 Å². The number of halogens is 1. The minimum absolute atomic E-state index is 0.928. The van der Waals surface area contributed by atoms with E-state index in [9.17, 15) is 0 Å². The Morgan fingerprint density at radius 3 is 1.62 bits per heavy atom. The van der Waals surface area contributed by atoms with E-state index in [2.05, 4.69) is 120 Å². The zero-order valence-electron chi connectivity index (χ0n) is 15.2. The van der Waals surface area contributed by atoms with Gasteiger partial charge in [-0.05, 0) is 0 Å². The zero-order chi connectivity index (χ0) is 18.5. The van der Waals surface area contributed by atoms with Crippen molar-refractivity contribution in [1.29, 1.82) is 0 Å². The summed E-state index contributed by atoms with van der Waals surface area (Å²) in [6.45, 7) is 2.15. The number of hydrogen-bond donors (Lipinski definition) is 1. The first-order valence-corrected chi connectivity index (χ1v) is 14.2. The van der Waals surface area contributed by atoms with Crippen molar-refractivity contribution in [1.82, 2.24) is 0 Å². The molecule has 0 radical (unpaired) electrons. The van der Waals surface area contributed by atoms with Gasteiger partial charge in [0, 0.05) is 0 Å². The van der Waals surface area contributed by atoms with Crippen LogP contribution >= 0.6 is 33.4 Å². The topological polar surface area (TPSA) is 0 Å². The molecule has 0 saturated heterocycles. The van der Waals surface area contributed by atoms with E-state index in [0.717, 1.165) is 24.8 Å². The van der Waals surface area contributed by atoms with E-state index in [0.29, 0.717) is 0 Å². The quantitative estimate of drug-likeness (QED) is 0.264. The number of benzene rings is 3. The van der Waals surface area contributed by atoms with Crippen LogP contribution in [-0.2, 0) is 0 Å². The van der Waals surface area contributed by atoms with Crippen molar-refractivity contribution in [2.45, 2.75) is 19.8 Å². The third-order valence-electron chi connectivity index (χ3n) is 5.15. The third-order valence-corrected chi connectivity index (χ3v) is 15.5. The second-order valence-electron chi connectivity index (χ2n) is 6.84. The molecule has 0 aliphatic rings. The summed E-state index contributed by atoms with van der Waals surface area (Å²) in [7, 11) is 0. The van der Waals surface area contributed by atoms with Gasteiger partial charge in [0.2, 0.25) is 0 Å². The first-order chi connectivity index (χ1) is 12.6. The van der Waals surface area contributed by atoms with Gasteiger partial charge >= 0.3 is 172 Å². The number of thiol groups is 1. The van der Waals surface area contributed by atoms with E-state index in [1.165, 1.54) is 21.5 Å². The average Bonchev–Trinajstić information content (AvgIpc) is 2.70. The van der Waals surface area contributed by atoms with E-state index in [1.807, 2.05) is 0 Å². The molecule has 0 unspecified atom stereocenters. The van der Waals surface area contributed by atoms with Crippen molar-refractivity contribution in [3.05, 3.63) is 90.5 Å². The molecule has 0 aliphatic heterocycles. The number of aryl methyl sites for hydroxylation is 1. The molecule has 0 fully saturated rings. The van der Waals surface area contributed by atoms with Gasteiger partial charge in [0.05, 0.1) is 0 Å². The van der Waals surface area contributed by atoms with E-state index >= 15 is 0 Å². The van der Waals surface area contributed by atoms with E-state index in [-0.39, 0.29) is 0 Å². The Kier molecular flexibility index (Phi) is 6.28. The summed E-state index contributed by atoms with van der Waals surface area (Å²) in [5, 5.41) is 1.48. The molecule has 3 aromatic rings. The minimum atomic E-state index is -2.72. The van der Waals surface area contributed by atoms with Gasteiger partial charge in [-0.25, -0.2) is 0 Å². The SMILES string of the molecule is Cc1ccc(P(Br)(CCCCS)(c2ccccc2)c2ccccc2)cc1. The Bertz CT molecular complexity index is 792. The Balaban J connectivity index is 2.32. The van der Waals surface area contributed by atoms with Gasteiger partial charge in [0.1, 0.15) is 0 Å². The molecular weight excluding hydrogens is 419 g/mol. The summed E-state index contributed by atoms with van der Waals surface area (Å²) in [6, 6.07) is 31.1. The number of rotatable bonds is 7. The van der Waals surface area contributed by atoms with Crippen LogP contribution in [-0.4, -0.2) is 11.9 Å². The molecular formula is C23H26BrPS. The van der Waals surface area contributed by atoms with Crippen molar-refractivity contribution in [3.63, 3.8) is 0 Å². The molecule has 0 atom stereocenters. The van der Waals surface area contributed by atoms with Crippen LogP contribution in [0, 0.1) is 6.92 Å². The van der Waals surface area contributed by atoms with Crippen LogP contribution in [0.4, 0.5) is 0 Å². The van der Waals surface area contributed by atoms with Gasteiger partial charge in [-0.3, -0.25) is 0 Å². The molecule has 0 aromatic heterocycles. The summed E-state index contributed by atoms with van der Waals surface area (Å²) in [4.78, 5) is 0. The Labute approximate surface area is 171 Å². The van der Waals surface area contributed by atoms with Crippen LogP contribution < -0.4 is 15.9 Å². The predicted molar refractivity (Wildman–Crippen MR) is 127 cm³/mol. The van der Waals surface area contributed by atoms with Gasteiger partial charge in [-0.2, -0.15) is 0 Å². The number of unbranched alkanes of at least 4 members (excludes halogenated alkanes) is 1. The summed E-state index contributed by atoms with van der Waals surface area (Å²) < 4.78 is 0. The zero-order valence-corrected chi connectivity index (χ0v) is 18.6. The van der Waals surface area contributed by atoms with Crippen LogP contribution in [0.25, 0.3) is 0 Å². The number of hydrogen-bond acceptors (Lipinski definition) is 1. The van der Waals surface area contributed by atoms with E-state index < -0.39 is 5.31 Å². The molecule has 0 saturated carbocycles. The summed E-state index contributed by atoms with van der Waals surface area (Å²) in [5.41, 5.74) is 1.29. The summed E-state index contributed by atoms with van der Waals surface area (Å²) in [6.07, 6.45) is 3.37. The van der Waals surface area contributed by atoms with Crippen molar-refractivity contribution in [3.8, 4) is 0 Å². The standard InChI is InChI=1S/C23H26BrPS/c1-20-14-16-23(17-15-20)25(24,18-8-9-19-26,21-10-4-2-5-11-21)22-12-6-3-7-13-22/h2-7,10-17,26H,8-9,18-19H2,1H3. The van der Waals surface area contributed by atoms with Crippen LogP contribution in [0.1, 0.15) is 18.4 Å². The second-order valence-corrected chi connectivity index (χ2v) is 16.3. The monoisotopic (exact) mass is 444 g/mol. The molecule has 0 spiro atoms. The fourth-order valence-electron chi connectivity index (χ4n) is 3.69. The molecule has 0 aliphatic carbocycles. The van der Waals surface area contributed by atoms with Crippen molar-refractivity contribution in [2.75, 3.05) is 11.9 Å². The maximum atomic E-state index is 4.48. The second kappa shape index (κ2) is 8.30. The molecule has 136 valence electrons. The van der Waals surface area contributed by atoms with Gasteiger partial charge in [0.15, 0.2) is 0 Å². The van der Waals surface area contributed by atoms with E-state index in [4.69, 9.17) is 0 Å². The van der Waals surface area contributed by atoms with Gasteiger partial charge in [0.25, 0.3) is 0 Å². The molecule has 3 rings (SSSR count). The molecule has 26 heavy (non-hydrogen) atoms. The van der Waals surface area contributed by atoms with Crippen molar-refractivity contribution in [2.24, 2.45) is 0 Å². The molecule has 3 aromatic carbocycles. The Morgan fingerprint density at radius 2 is 1.15 bits per heavy atom. The van der Waals surface area contributed by atoms with Crippen LogP contribution in [0.3, 0.4) is 0 Å². The van der Waals surface area contributed by atoms with Crippen LogP contribution in [0.15, 0.2) is 84.9 Å². The Morgan fingerprint density at radius 1 is 0.692 bits per heavy atom. The fraction of sp³-hybridized carbons (Fsp3) is 0.217. The molecule has 0 nitrogen and oxygen atoms in total. The molecule has 0 amide bonds. The van der Waals surface area contributed by atoms with E-state index in [1.54, 1.807) is 0 Å². The first-order valence-electron chi connectivity index (χ1n) is 9.12. The van der Waals surface area contributed by atoms with Crippen molar-refractivity contribution < 1.29 is 0 Å². The summed E-state index contributed by atoms with van der Waals surface area (Å²) >= 11 is 8.93. The third kappa shape index (κ3) is 3.52.